The fourth-order valence-corrected chi connectivity index (χ4v) is 2.13. The van der Waals surface area contributed by atoms with Crippen molar-refractivity contribution in [2.75, 3.05) is 0 Å². The van der Waals surface area contributed by atoms with Crippen molar-refractivity contribution < 1.29 is 14.4 Å². The molecule has 0 fully saturated rings. The maximum Gasteiger partial charge on any atom is 0.312 e. The number of nitro groups is 1. The van der Waals surface area contributed by atoms with Gasteiger partial charge in [-0.15, -0.1) is 0 Å². The predicted molar refractivity (Wildman–Crippen MR) is 96.4 cm³/mol. The van der Waals surface area contributed by atoms with Gasteiger partial charge >= 0.3 is 5.95 Å². The number of rotatable bonds is 5. The summed E-state index contributed by atoms with van der Waals surface area (Å²) < 4.78 is 5.14. The molecule has 130 valence electrons. The largest absolute Gasteiger partial charge is 0.479 e. The number of hydrogen-bond acceptors (Lipinski definition) is 7. The van der Waals surface area contributed by atoms with Gasteiger partial charge in [0, 0.05) is 23.9 Å². The van der Waals surface area contributed by atoms with Crippen LogP contribution in [0.15, 0.2) is 51.9 Å². The Balaban J connectivity index is 1.77. The molecule has 8 nitrogen and oxygen atoms in total. The Morgan fingerprint density at radius 1 is 1.19 bits per heavy atom. The van der Waals surface area contributed by atoms with Crippen molar-refractivity contribution in [2.24, 2.45) is 4.99 Å². The first-order valence-corrected chi connectivity index (χ1v) is 7.61. The van der Waals surface area contributed by atoms with E-state index in [0.29, 0.717) is 11.4 Å². The number of aromatic nitrogens is 2. The summed E-state index contributed by atoms with van der Waals surface area (Å²) in [6.45, 7) is 1.85. The van der Waals surface area contributed by atoms with E-state index in [1.54, 1.807) is 24.3 Å². The van der Waals surface area contributed by atoms with Gasteiger partial charge in [0.2, 0.25) is 5.89 Å². The molecule has 3 rings (SSSR count). The monoisotopic (exact) mass is 350 g/mol. The molecule has 0 unspecified atom stereocenters. The van der Waals surface area contributed by atoms with Crippen molar-refractivity contribution >= 4 is 29.9 Å². The van der Waals surface area contributed by atoms with E-state index in [0.717, 1.165) is 5.69 Å². The number of hydrogen-bond donors (Lipinski definition) is 1. The Hall–Kier alpha value is -3.81. The third kappa shape index (κ3) is 4.18. The van der Waals surface area contributed by atoms with E-state index in [-0.39, 0.29) is 23.2 Å². The summed E-state index contributed by atoms with van der Waals surface area (Å²) in [7, 11) is 0. The number of pyridine rings is 1. The van der Waals surface area contributed by atoms with Crippen molar-refractivity contribution in [3.63, 3.8) is 0 Å². The van der Waals surface area contributed by atoms with Crippen LogP contribution < -0.4 is 0 Å². The van der Waals surface area contributed by atoms with Crippen molar-refractivity contribution in [3.8, 4) is 5.95 Å². The number of benzene rings is 1. The summed E-state index contributed by atoms with van der Waals surface area (Å²) >= 11 is 0. The molecule has 0 aliphatic carbocycles. The van der Waals surface area contributed by atoms with Crippen LogP contribution in [0.1, 0.15) is 22.8 Å². The second-order valence-corrected chi connectivity index (χ2v) is 5.32. The summed E-state index contributed by atoms with van der Waals surface area (Å²) in [6.07, 6.45) is 4.45. The number of aromatic hydroxyl groups is 1. The van der Waals surface area contributed by atoms with Crippen molar-refractivity contribution in [3.05, 3.63) is 75.4 Å². The molecule has 26 heavy (non-hydrogen) atoms. The summed E-state index contributed by atoms with van der Waals surface area (Å²) in [4.78, 5) is 22.8. The second kappa shape index (κ2) is 7.39. The Labute approximate surface area is 148 Å². The Morgan fingerprint density at radius 3 is 2.77 bits per heavy atom. The highest BCUT2D eigenvalue weighted by Gasteiger charge is 2.09. The average molecular weight is 350 g/mol. The first-order valence-electron chi connectivity index (χ1n) is 7.61. The van der Waals surface area contributed by atoms with Crippen molar-refractivity contribution in [1.82, 2.24) is 9.97 Å². The SMILES string of the molecule is Cc1cccc(N=Cc2nc(C=Cc3cccc([N+](=O)[O-])c3)oc2O)n1. The molecule has 0 aliphatic heterocycles. The van der Waals surface area contributed by atoms with E-state index in [2.05, 4.69) is 15.0 Å². The molecule has 0 amide bonds. The molecular weight excluding hydrogens is 336 g/mol. The highest BCUT2D eigenvalue weighted by Crippen LogP contribution is 2.20. The number of non-ortho nitro benzene ring substituents is 1. The van der Waals surface area contributed by atoms with Crippen molar-refractivity contribution in [1.29, 1.82) is 0 Å². The van der Waals surface area contributed by atoms with Gasteiger partial charge < -0.3 is 9.52 Å². The van der Waals surface area contributed by atoms with Crippen molar-refractivity contribution in [2.45, 2.75) is 6.92 Å². The normalized spacial score (nSPS) is 11.4. The van der Waals surface area contributed by atoms with Gasteiger partial charge in [-0.2, -0.15) is 0 Å². The molecule has 1 N–H and O–H groups in total. The van der Waals surface area contributed by atoms with E-state index in [1.807, 2.05) is 19.1 Å². The van der Waals surface area contributed by atoms with Crippen LogP contribution in [0.25, 0.3) is 12.2 Å². The molecule has 0 atom stereocenters. The average Bonchev–Trinajstić information content (AvgIpc) is 2.98. The van der Waals surface area contributed by atoms with Crippen LogP contribution in [0.2, 0.25) is 0 Å². The molecule has 1 aromatic carbocycles. The fourth-order valence-electron chi connectivity index (χ4n) is 2.13. The minimum Gasteiger partial charge on any atom is -0.479 e. The Kier molecular flexibility index (Phi) is 4.84. The summed E-state index contributed by atoms with van der Waals surface area (Å²) in [5, 5.41) is 20.6. The van der Waals surface area contributed by atoms with E-state index >= 15 is 0 Å². The predicted octanol–water partition coefficient (Wildman–Crippen LogP) is 3.91. The van der Waals surface area contributed by atoms with Gasteiger partial charge in [-0.3, -0.25) is 10.1 Å². The fraction of sp³-hybridized carbons (Fsp3) is 0.0556. The van der Waals surface area contributed by atoms with Crippen LogP contribution in [-0.2, 0) is 0 Å². The minimum absolute atomic E-state index is 0.0131. The second-order valence-electron chi connectivity index (χ2n) is 5.32. The van der Waals surface area contributed by atoms with Gasteiger partial charge in [-0.05, 0) is 30.7 Å². The molecule has 0 saturated heterocycles. The third-order valence-corrected chi connectivity index (χ3v) is 3.34. The lowest BCUT2D eigenvalue weighted by Gasteiger charge is -1.93. The van der Waals surface area contributed by atoms with Gasteiger partial charge in [-0.1, -0.05) is 18.2 Å². The van der Waals surface area contributed by atoms with E-state index < -0.39 is 4.92 Å². The van der Waals surface area contributed by atoms with Crippen LogP contribution in [0.3, 0.4) is 0 Å². The maximum absolute atomic E-state index is 10.8. The Morgan fingerprint density at radius 2 is 2.00 bits per heavy atom. The maximum atomic E-state index is 10.8. The number of aliphatic imine (C=N–C) groups is 1. The first kappa shape index (κ1) is 17.0. The molecule has 8 heteroatoms. The number of nitro benzene ring substituents is 1. The molecule has 0 saturated carbocycles. The lowest BCUT2D eigenvalue weighted by molar-refractivity contribution is -0.384. The standard InChI is InChI=1S/C18H14N4O4/c1-12-4-2-7-16(20-12)19-11-15-18(23)26-17(21-15)9-8-13-5-3-6-14(10-13)22(24)25/h2-11,23H,1H3. The van der Waals surface area contributed by atoms with Gasteiger partial charge in [0.15, 0.2) is 11.5 Å². The highest BCUT2D eigenvalue weighted by molar-refractivity contribution is 5.82. The summed E-state index contributed by atoms with van der Waals surface area (Å²) in [5.41, 5.74) is 1.58. The first-order chi connectivity index (χ1) is 12.5. The molecule has 0 spiro atoms. The zero-order valence-corrected chi connectivity index (χ0v) is 13.7. The number of nitrogens with zero attached hydrogens (tertiary/aromatic N) is 4. The van der Waals surface area contributed by atoms with E-state index in [9.17, 15) is 15.2 Å². The van der Waals surface area contributed by atoms with Crippen LogP contribution in [0, 0.1) is 17.0 Å². The minimum atomic E-state index is -0.470. The molecule has 2 heterocycles. The molecule has 0 radical (unpaired) electrons. The third-order valence-electron chi connectivity index (χ3n) is 3.34. The molecule has 2 aromatic heterocycles. The van der Waals surface area contributed by atoms with Gasteiger partial charge in [0.1, 0.15) is 0 Å². The molecular formula is C18H14N4O4. The zero-order chi connectivity index (χ0) is 18.5. The number of oxazole rings is 1. The van der Waals surface area contributed by atoms with Gasteiger partial charge in [-0.25, -0.2) is 15.0 Å². The lowest BCUT2D eigenvalue weighted by atomic mass is 10.2. The van der Waals surface area contributed by atoms with Gasteiger partial charge in [0.05, 0.1) is 11.1 Å². The number of aryl methyl sites for hydroxylation is 1. The molecule has 0 bridgehead atoms. The van der Waals surface area contributed by atoms with Crippen LogP contribution >= 0.6 is 0 Å². The van der Waals surface area contributed by atoms with Crippen LogP contribution in [0.5, 0.6) is 5.95 Å². The summed E-state index contributed by atoms with van der Waals surface area (Å²) in [6, 6.07) is 11.5. The Bertz CT molecular complexity index is 1010. The van der Waals surface area contributed by atoms with E-state index in [1.165, 1.54) is 24.4 Å². The zero-order valence-electron chi connectivity index (χ0n) is 13.7. The molecule has 3 aromatic rings. The smallest absolute Gasteiger partial charge is 0.312 e. The van der Waals surface area contributed by atoms with Crippen LogP contribution in [-0.4, -0.2) is 26.2 Å². The topological polar surface area (TPSA) is 115 Å². The highest BCUT2D eigenvalue weighted by atomic mass is 16.6. The quantitative estimate of drug-likeness (QED) is 0.424. The van der Waals surface area contributed by atoms with E-state index in [4.69, 9.17) is 4.42 Å². The van der Waals surface area contributed by atoms with Crippen LogP contribution in [0.4, 0.5) is 11.5 Å². The lowest BCUT2D eigenvalue weighted by Crippen LogP contribution is -1.87. The van der Waals surface area contributed by atoms with Gasteiger partial charge in [0.25, 0.3) is 5.69 Å². The molecule has 0 aliphatic rings. The summed E-state index contributed by atoms with van der Waals surface area (Å²) in [5.74, 6) is 0.258.